The minimum atomic E-state index is 0.0167. The number of nitrogens with zero attached hydrogens (tertiary/aromatic N) is 1. The second kappa shape index (κ2) is 7.17. The van der Waals surface area contributed by atoms with E-state index in [9.17, 15) is 5.26 Å². The molecule has 1 atom stereocenters. The number of nitrogens with one attached hydrogen (secondary N) is 1. The summed E-state index contributed by atoms with van der Waals surface area (Å²) in [7, 11) is 0. The fraction of sp³-hybridized carbons (Fsp3) is 0.188. The van der Waals surface area contributed by atoms with Crippen LogP contribution in [0.2, 0.25) is 10.0 Å². The Kier molecular flexibility index (Phi) is 5.52. The van der Waals surface area contributed by atoms with Crippen molar-refractivity contribution in [2.45, 2.75) is 19.4 Å². The van der Waals surface area contributed by atoms with Gasteiger partial charge in [0.2, 0.25) is 0 Å². The monoisotopic (exact) mass is 382 g/mol. The van der Waals surface area contributed by atoms with Crippen LogP contribution in [-0.2, 0) is 0 Å². The van der Waals surface area contributed by atoms with E-state index >= 15 is 0 Å². The van der Waals surface area contributed by atoms with Gasteiger partial charge in [0.1, 0.15) is 6.07 Å². The Balaban J connectivity index is 2.34. The summed E-state index contributed by atoms with van der Waals surface area (Å²) in [5, 5.41) is 13.9. The number of hydrogen-bond acceptors (Lipinski definition) is 2. The maximum Gasteiger partial charge on any atom is 0.101 e. The zero-order valence-electron chi connectivity index (χ0n) is 11.3. The van der Waals surface area contributed by atoms with Crippen LogP contribution in [-0.4, -0.2) is 0 Å². The van der Waals surface area contributed by atoms with E-state index in [0.29, 0.717) is 15.6 Å². The normalized spacial score (nSPS) is 11.8. The van der Waals surface area contributed by atoms with Crippen molar-refractivity contribution in [1.82, 2.24) is 0 Å². The van der Waals surface area contributed by atoms with Gasteiger partial charge in [0.25, 0.3) is 0 Å². The van der Waals surface area contributed by atoms with Crippen molar-refractivity contribution in [3.8, 4) is 6.07 Å². The molecule has 0 spiro atoms. The molecule has 0 aromatic heterocycles. The van der Waals surface area contributed by atoms with Crippen LogP contribution in [0.5, 0.6) is 0 Å². The average molecular weight is 384 g/mol. The molecule has 0 radical (unpaired) electrons. The van der Waals surface area contributed by atoms with E-state index in [-0.39, 0.29) is 6.04 Å². The highest BCUT2D eigenvalue weighted by molar-refractivity contribution is 9.10. The van der Waals surface area contributed by atoms with Gasteiger partial charge >= 0.3 is 0 Å². The van der Waals surface area contributed by atoms with Crippen LogP contribution in [0.25, 0.3) is 0 Å². The van der Waals surface area contributed by atoms with Crippen LogP contribution in [0, 0.1) is 11.3 Å². The molecule has 2 aromatic rings. The molecule has 0 aliphatic heterocycles. The van der Waals surface area contributed by atoms with E-state index < -0.39 is 0 Å². The predicted octanol–water partition coefficient (Wildman–Crippen LogP) is 6.19. The van der Waals surface area contributed by atoms with Crippen LogP contribution in [0.15, 0.2) is 40.9 Å². The molecule has 0 fully saturated rings. The first-order chi connectivity index (χ1) is 10.0. The molecule has 0 saturated heterocycles. The van der Waals surface area contributed by atoms with Gasteiger partial charge in [-0.15, -0.1) is 0 Å². The molecule has 21 heavy (non-hydrogen) atoms. The molecule has 0 amide bonds. The van der Waals surface area contributed by atoms with Crippen molar-refractivity contribution in [2.24, 2.45) is 0 Å². The summed E-state index contributed by atoms with van der Waals surface area (Å²) in [6, 6.07) is 13.3. The summed E-state index contributed by atoms with van der Waals surface area (Å²) in [5.41, 5.74) is 2.35. The Hall–Kier alpha value is -1.21. The molecule has 5 heteroatoms. The molecule has 0 aliphatic carbocycles. The van der Waals surface area contributed by atoms with Crippen LogP contribution in [0.3, 0.4) is 0 Å². The average Bonchev–Trinajstić information content (AvgIpc) is 2.46. The van der Waals surface area contributed by atoms with Crippen molar-refractivity contribution in [1.29, 1.82) is 5.26 Å². The molecule has 0 saturated carbocycles. The summed E-state index contributed by atoms with van der Waals surface area (Å²) in [5.74, 6) is 0. The Bertz CT molecular complexity index is 695. The lowest BCUT2D eigenvalue weighted by molar-refractivity contribution is 0.749. The van der Waals surface area contributed by atoms with E-state index in [0.717, 1.165) is 22.1 Å². The molecule has 0 heterocycles. The number of hydrogen-bond donors (Lipinski definition) is 1. The third kappa shape index (κ3) is 3.91. The minimum absolute atomic E-state index is 0.0167. The summed E-state index contributed by atoms with van der Waals surface area (Å²) >= 11 is 15.6. The zero-order valence-corrected chi connectivity index (χ0v) is 14.4. The van der Waals surface area contributed by atoms with Crippen molar-refractivity contribution in [2.75, 3.05) is 5.32 Å². The molecular formula is C16H13BrCl2N2. The lowest BCUT2D eigenvalue weighted by Crippen LogP contribution is -2.11. The smallest absolute Gasteiger partial charge is 0.101 e. The quantitative estimate of drug-likeness (QED) is 0.682. The van der Waals surface area contributed by atoms with Gasteiger partial charge in [0.05, 0.1) is 17.3 Å². The topological polar surface area (TPSA) is 35.8 Å². The third-order valence-electron chi connectivity index (χ3n) is 3.18. The molecule has 2 aromatic carbocycles. The molecular weight excluding hydrogens is 371 g/mol. The summed E-state index contributed by atoms with van der Waals surface area (Å²) in [6.45, 7) is 2.06. The Morgan fingerprint density at radius 1 is 1.24 bits per heavy atom. The molecule has 108 valence electrons. The first-order valence-electron chi connectivity index (χ1n) is 6.46. The van der Waals surface area contributed by atoms with Gasteiger partial charge in [0, 0.05) is 14.5 Å². The predicted molar refractivity (Wildman–Crippen MR) is 92.0 cm³/mol. The SMILES string of the molecule is CCC(Nc1ccc(Br)cc1C#N)c1ccc(Cl)cc1Cl. The molecule has 1 N–H and O–H groups in total. The summed E-state index contributed by atoms with van der Waals surface area (Å²) in [4.78, 5) is 0. The van der Waals surface area contributed by atoms with E-state index in [1.807, 2.05) is 24.3 Å². The first kappa shape index (κ1) is 16.2. The van der Waals surface area contributed by atoms with E-state index in [1.54, 1.807) is 12.1 Å². The second-order valence-electron chi connectivity index (χ2n) is 4.57. The van der Waals surface area contributed by atoms with Crippen molar-refractivity contribution >= 4 is 44.8 Å². The number of anilines is 1. The Labute approximate surface area is 142 Å². The molecule has 0 bridgehead atoms. The third-order valence-corrected chi connectivity index (χ3v) is 4.23. The zero-order chi connectivity index (χ0) is 15.4. The van der Waals surface area contributed by atoms with E-state index in [1.165, 1.54) is 0 Å². The highest BCUT2D eigenvalue weighted by atomic mass is 79.9. The number of benzene rings is 2. The van der Waals surface area contributed by atoms with Crippen LogP contribution in [0.1, 0.15) is 30.5 Å². The maximum absolute atomic E-state index is 9.24. The Morgan fingerprint density at radius 2 is 2.00 bits per heavy atom. The molecule has 0 aliphatic rings. The van der Waals surface area contributed by atoms with Gasteiger partial charge in [-0.2, -0.15) is 5.26 Å². The summed E-state index contributed by atoms with van der Waals surface area (Å²) < 4.78 is 0.877. The van der Waals surface area contributed by atoms with Gasteiger partial charge in [-0.25, -0.2) is 0 Å². The van der Waals surface area contributed by atoms with Gasteiger partial charge in [-0.1, -0.05) is 52.1 Å². The largest absolute Gasteiger partial charge is 0.377 e. The highest BCUT2D eigenvalue weighted by Gasteiger charge is 2.15. The first-order valence-corrected chi connectivity index (χ1v) is 8.01. The maximum atomic E-state index is 9.24. The standard InChI is InChI=1S/C16H13BrCl2N2/c1-2-15(13-5-4-12(18)8-14(13)19)21-16-6-3-11(17)7-10(16)9-20/h3-8,15,21H,2H2,1H3. The number of halogens is 3. The molecule has 1 unspecified atom stereocenters. The lowest BCUT2D eigenvalue weighted by Gasteiger charge is -2.21. The van der Waals surface area contributed by atoms with Gasteiger partial charge in [-0.05, 0) is 42.3 Å². The highest BCUT2D eigenvalue weighted by Crippen LogP contribution is 2.32. The van der Waals surface area contributed by atoms with Gasteiger partial charge in [-0.3, -0.25) is 0 Å². The minimum Gasteiger partial charge on any atom is -0.377 e. The van der Waals surface area contributed by atoms with Crippen molar-refractivity contribution < 1.29 is 0 Å². The fourth-order valence-electron chi connectivity index (χ4n) is 2.11. The van der Waals surface area contributed by atoms with E-state index in [2.05, 4.69) is 34.2 Å². The van der Waals surface area contributed by atoms with Crippen molar-refractivity contribution in [3.05, 3.63) is 62.0 Å². The molecule has 2 rings (SSSR count). The van der Waals surface area contributed by atoms with Crippen molar-refractivity contribution in [3.63, 3.8) is 0 Å². The summed E-state index contributed by atoms with van der Waals surface area (Å²) in [6.07, 6.45) is 0.836. The van der Waals surface area contributed by atoms with Crippen LogP contribution in [0.4, 0.5) is 5.69 Å². The molecule has 2 nitrogen and oxygen atoms in total. The van der Waals surface area contributed by atoms with Crippen LogP contribution < -0.4 is 5.32 Å². The van der Waals surface area contributed by atoms with Gasteiger partial charge in [0.15, 0.2) is 0 Å². The number of nitriles is 1. The fourth-order valence-corrected chi connectivity index (χ4v) is 3.01. The number of rotatable bonds is 4. The lowest BCUT2D eigenvalue weighted by atomic mass is 10.0. The van der Waals surface area contributed by atoms with Gasteiger partial charge < -0.3 is 5.32 Å². The van der Waals surface area contributed by atoms with Crippen LogP contribution >= 0.6 is 39.1 Å². The Morgan fingerprint density at radius 3 is 2.62 bits per heavy atom. The van der Waals surface area contributed by atoms with E-state index in [4.69, 9.17) is 23.2 Å². The second-order valence-corrected chi connectivity index (χ2v) is 6.33.